The van der Waals surface area contributed by atoms with Gasteiger partial charge in [0.2, 0.25) is 0 Å². The average molecular weight is 446 g/mol. The van der Waals surface area contributed by atoms with Gasteiger partial charge < -0.3 is 14.2 Å². The lowest BCUT2D eigenvalue weighted by molar-refractivity contribution is -0.131. The molecule has 3 rings (SSSR count). The second kappa shape index (κ2) is 10.5. The van der Waals surface area contributed by atoms with Crippen LogP contribution in [0, 0.1) is 5.82 Å². The van der Waals surface area contributed by atoms with Crippen molar-refractivity contribution in [1.29, 1.82) is 0 Å². The summed E-state index contributed by atoms with van der Waals surface area (Å²) in [5.74, 6) is -0.774. The van der Waals surface area contributed by atoms with Gasteiger partial charge >= 0.3 is 11.9 Å². The fraction of sp³-hybridized carbons (Fsp3) is 0.111. The Morgan fingerprint density at radius 2 is 1.30 bits per heavy atom. The number of esters is 2. The van der Waals surface area contributed by atoms with Crippen LogP contribution < -0.4 is 9.47 Å². The number of ether oxygens (including phenoxy) is 3. The second-order valence-corrected chi connectivity index (χ2v) is 7.34. The van der Waals surface area contributed by atoms with Crippen LogP contribution in [0.2, 0.25) is 0 Å². The molecule has 3 aromatic rings. The zero-order valence-electron chi connectivity index (χ0n) is 18.4. The minimum absolute atomic E-state index is 0.0802. The van der Waals surface area contributed by atoms with Crippen LogP contribution >= 0.6 is 0 Å². The molecule has 3 aromatic carbocycles. The fourth-order valence-electron chi connectivity index (χ4n) is 2.95. The number of halogens is 1. The maximum absolute atomic E-state index is 14.9. The Morgan fingerprint density at radius 1 is 0.788 bits per heavy atom. The number of carbonyl (C=O) groups is 2. The smallest absolute Gasteiger partial charge is 0.341 e. The number of hydrogen-bond acceptors (Lipinski definition) is 5. The average Bonchev–Trinajstić information content (AvgIpc) is 2.80. The summed E-state index contributed by atoms with van der Waals surface area (Å²) < 4.78 is 30.1. The molecule has 0 aliphatic rings. The third-order valence-corrected chi connectivity index (χ3v) is 4.70. The highest BCUT2D eigenvalue weighted by molar-refractivity contribution is 5.90. The number of hydrogen-bond donors (Lipinski definition) is 0. The van der Waals surface area contributed by atoms with Crippen LogP contribution in [0.25, 0.3) is 22.3 Å². The molecule has 0 amide bonds. The Morgan fingerprint density at radius 3 is 1.82 bits per heavy atom. The molecule has 0 unspecified atom stereocenters. The molecule has 0 fully saturated rings. The summed E-state index contributed by atoms with van der Waals surface area (Å²) in [5.41, 5.74) is 3.00. The summed E-state index contributed by atoms with van der Waals surface area (Å²) >= 11 is 0. The summed E-state index contributed by atoms with van der Waals surface area (Å²) in [6.45, 7) is 8.79. The quantitative estimate of drug-likeness (QED) is 0.251. The van der Waals surface area contributed by atoms with Crippen LogP contribution in [-0.4, -0.2) is 25.7 Å². The van der Waals surface area contributed by atoms with Crippen molar-refractivity contribution in [3.63, 3.8) is 0 Å². The summed E-state index contributed by atoms with van der Waals surface area (Å²) in [7, 11) is 1.46. The first kappa shape index (κ1) is 23.6. The molecule has 0 aliphatic carbocycles. The van der Waals surface area contributed by atoms with E-state index in [1.54, 1.807) is 67.6 Å². The molecule has 0 aromatic heterocycles. The number of carbonyl (C=O) groups excluding carboxylic acids is 2. The van der Waals surface area contributed by atoms with Crippen LogP contribution in [0.5, 0.6) is 11.5 Å². The molecular formula is C27H23FO5. The predicted octanol–water partition coefficient (Wildman–Crippen LogP) is 5.75. The van der Waals surface area contributed by atoms with Crippen LogP contribution in [0.3, 0.4) is 0 Å². The highest BCUT2D eigenvalue weighted by Gasteiger charge is 2.12. The van der Waals surface area contributed by atoms with Gasteiger partial charge in [-0.25, -0.2) is 14.0 Å². The highest BCUT2D eigenvalue weighted by atomic mass is 19.1. The first-order valence-corrected chi connectivity index (χ1v) is 10.1. The minimum atomic E-state index is -0.583. The van der Waals surface area contributed by atoms with Crippen molar-refractivity contribution in [3.8, 4) is 33.8 Å². The number of rotatable bonds is 8. The van der Waals surface area contributed by atoms with E-state index >= 15 is 0 Å². The Kier molecular flexibility index (Phi) is 7.53. The molecule has 0 atom stereocenters. The Balaban J connectivity index is 1.73. The van der Waals surface area contributed by atoms with E-state index in [9.17, 15) is 14.0 Å². The molecule has 0 saturated carbocycles. The lowest BCUT2D eigenvalue weighted by Gasteiger charge is -2.10. The van der Waals surface area contributed by atoms with Gasteiger partial charge in [0, 0.05) is 18.2 Å². The molecule has 0 spiro atoms. The van der Waals surface area contributed by atoms with Crippen molar-refractivity contribution >= 4 is 11.9 Å². The van der Waals surface area contributed by atoms with Gasteiger partial charge in [-0.2, -0.15) is 0 Å². The molecule has 0 radical (unpaired) electrons. The lowest BCUT2D eigenvalue weighted by Crippen LogP contribution is -2.13. The van der Waals surface area contributed by atoms with E-state index in [1.807, 2.05) is 0 Å². The zero-order chi connectivity index (χ0) is 24.0. The van der Waals surface area contributed by atoms with Gasteiger partial charge in [-0.05, 0) is 53.9 Å². The van der Waals surface area contributed by atoms with Gasteiger partial charge in [0.15, 0.2) is 0 Å². The van der Waals surface area contributed by atoms with Crippen molar-refractivity contribution in [2.24, 2.45) is 0 Å². The zero-order valence-corrected chi connectivity index (χ0v) is 18.4. The largest absolute Gasteiger partial charge is 0.423 e. The van der Waals surface area contributed by atoms with Crippen molar-refractivity contribution in [2.75, 3.05) is 13.7 Å². The van der Waals surface area contributed by atoms with Crippen LogP contribution in [0.1, 0.15) is 6.92 Å². The predicted molar refractivity (Wildman–Crippen MR) is 124 cm³/mol. The summed E-state index contributed by atoms with van der Waals surface area (Å²) in [4.78, 5) is 23.5. The van der Waals surface area contributed by atoms with Crippen LogP contribution in [0.4, 0.5) is 4.39 Å². The molecule has 6 heteroatoms. The van der Waals surface area contributed by atoms with E-state index in [0.717, 1.165) is 5.56 Å². The van der Waals surface area contributed by atoms with Crippen molar-refractivity contribution in [2.45, 2.75) is 6.92 Å². The van der Waals surface area contributed by atoms with Gasteiger partial charge in [-0.3, -0.25) is 0 Å². The maximum atomic E-state index is 14.9. The summed E-state index contributed by atoms with van der Waals surface area (Å²) in [6.07, 6.45) is 0. The van der Waals surface area contributed by atoms with Crippen molar-refractivity contribution in [3.05, 3.63) is 96.9 Å². The van der Waals surface area contributed by atoms with E-state index in [0.29, 0.717) is 33.8 Å². The number of methoxy groups -OCH3 is 1. The summed E-state index contributed by atoms with van der Waals surface area (Å²) in [5, 5.41) is 0. The normalized spacial score (nSPS) is 10.4. The molecule has 0 heterocycles. The van der Waals surface area contributed by atoms with Gasteiger partial charge in [-0.15, -0.1) is 0 Å². The molecular weight excluding hydrogens is 423 g/mol. The van der Waals surface area contributed by atoms with Gasteiger partial charge in [0.05, 0.1) is 12.2 Å². The van der Waals surface area contributed by atoms with Crippen LogP contribution in [0.15, 0.2) is 91.0 Å². The third kappa shape index (κ3) is 6.02. The molecule has 0 saturated heterocycles. The Labute approximate surface area is 191 Å². The van der Waals surface area contributed by atoms with Crippen molar-refractivity contribution < 1.29 is 28.2 Å². The molecule has 0 bridgehead atoms. The lowest BCUT2D eigenvalue weighted by atomic mass is 9.99. The molecule has 33 heavy (non-hydrogen) atoms. The van der Waals surface area contributed by atoms with E-state index in [-0.39, 0.29) is 12.2 Å². The molecule has 0 N–H and O–H groups in total. The monoisotopic (exact) mass is 446 g/mol. The summed E-state index contributed by atoms with van der Waals surface area (Å²) in [6, 6.07) is 18.2. The van der Waals surface area contributed by atoms with E-state index in [2.05, 4.69) is 13.2 Å². The van der Waals surface area contributed by atoms with Gasteiger partial charge in [0.1, 0.15) is 17.3 Å². The van der Waals surface area contributed by atoms with E-state index in [1.165, 1.54) is 13.2 Å². The fourth-order valence-corrected chi connectivity index (χ4v) is 2.95. The Bertz CT molecular complexity index is 1190. The van der Waals surface area contributed by atoms with E-state index in [4.69, 9.17) is 14.2 Å². The molecule has 5 nitrogen and oxygen atoms in total. The Hall–Kier alpha value is -4.03. The van der Waals surface area contributed by atoms with Gasteiger partial charge in [-0.1, -0.05) is 49.6 Å². The topological polar surface area (TPSA) is 61.8 Å². The van der Waals surface area contributed by atoms with E-state index < -0.39 is 17.8 Å². The molecule has 0 aliphatic heterocycles. The third-order valence-electron chi connectivity index (χ3n) is 4.70. The van der Waals surface area contributed by atoms with Gasteiger partial charge in [0.25, 0.3) is 0 Å². The standard InChI is InChI=1S/C27H23FO5/c1-17(2)26(29)32-22-10-5-19(6-11-22)21-9-14-24(25(28)15-21)20-7-12-23(13-8-20)33-27(30)18(3)16-31-4/h5-15H,1,3,16H2,2,4H3. The first-order chi connectivity index (χ1) is 15.8. The number of benzene rings is 3. The maximum Gasteiger partial charge on any atom is 0.341 e. The first-order valence-electron chi connectivity index (χ1n) is 10.1. The van der Waals surface area contributed by atoms with Crippen molar-refractivity contribution in [1.82, 2.24) is 0 Å². The second-order valence-electron chi connectivity index (χ2n) is 7.34. The highest BCUT2D eigenvalue weighted by Crippen LogP contribution is 2.30. The molecule has 168 valence electrons. The van der Waals surface area contributed by atoms with Crippen LogP contribution in [-0.2, 0) is 14.3 Å². The minimum Gasteiger partial charge on any atom is -0.423 e. The SMILES string of the molecule is C=C(C)C(=O)Oc1ccc(-c2ccc(-c3ccc(OC(=O)C(=C)COC)cc3)c(F)c2)cc1.